The Hall–Kier alpha value is -0.990. The molecule has 1 aliphatic carbocycles. The van der Waals surface area contributed by atoms with Gasteiger partial charge in [-0.05, 0) is 42.2 Å². The van der Waals surface area contributed by atoms with Gasteiger partial charge in [0.15, 0.2) is 0 Å². The van der Waals surface area contributed by atoms with Crippen LogP contribution in [0.1, 0.15) is 23.1 Å². The molecule has 3 heteroatoms. The van der Waals surface area contributed by atoms with Crippen molar-refractivity contribution in [3.05, 3.63) is 34.9 Å². The van der Waals surface area contributed by atoms with E-state index in [2.05, 4.69) is 18.2 Å². The largest absolute Gasteiger partial charge is 0.493 e. The molecule has 0 unspecified atom stereocenters. The van der Waals surface area contributed by atoms with Crippen LogP contribution < -0.4 is 10.5 Å². The molecule has 1 aromatic carbocycles. The highest BCUT2D eigenvalue weighted by Gasteiger charge is 2.23. The van der Waals surface area contributed by atoms with Crippen LogP contribution in [0.5, 0.6) is 5.75 Å². The van der Waals surface area contributed by atoms with E-state index in [4.69, 9.17) is 10.5 Å². The van der Waals surface area contributed by atoms with Crippen molar-refractivity contribution in [3.8, 4) is 5.75 Å². The van der Waals surface area contributed by atoms with Crippen LogP contribution in [0.2, 0.25) is 0 Å². The van der Waals surface area contributed by atoms with Crippen LogP contribution in [0.15, 0.2) is 18.2 Å². The summed E-state index contributed by atoms with van der Waals surface area (Å²) in [7, 11) is 0. The monoisotopic (exact) mass is 237 g/mol. The molecule has 0 fully saturated rings. The summed E-state index contributed by atoms with van der Waals surface area (Å²) in [5, 5.41) is 0. The molecule has 0 spiro atoms. The van der Waals surface area contributed by atoms with Crippen LogP contribution in [-0.4, -0.2) is 13.2 Å². The van der Waals surface area contributed by atoms with Crippen LogP contribution in [0.25, 0.3) is 5.57 Å². The Morgan fingerprint density at radius 1 is 1.31 bits per heavy atom. The summed E-state index contributed by atoms with van der Waals surface area (Å²) in [4.78, 5) is 0. The zero-order valence-corrected chi connectivity index (χ0v) is 9.98. The van der Waals surface area contributed by atoms with Gasteiger partial charge in [-0.1, -0.05) is 12.1 Å². The highest BCUT2D eigenvalue weighted by Crippen LogP contribution is 2.39. The Balaban J connectivity index is 0.000000963. The molecule has 2 N–H and O–H groups in total. The van der Waals surface area contributed by atoms with Gasteiger partial charge in [0, 0.05) is 12.0 Å². The lowest BCUT2D eigenvalue weighted by Crippen LogP contribution is -2.00. The SMILES string of the molecule is Cl.NCCC1=CCc2ccc3c(c21)CCO3. The molecule has 0 radical (unpaired) electrons. The lowest BCUT2D eigenvalue weighted by atomic mass is 9.95. The van der Waals surface area contributed by atoms with Crippen molar-refractivity contribution in [2.75, 3.05) is 13.2 Å². The van der Waals surface area contributed by atoms with E-state index in [1.54, 1.807) is 0 Å². The fourth-order valence-corrected chi connectivity index (χ4v) is 2.61. The highest BCUT2D eigenvalue weighted by molar-refractivity contribution is 5.85. The second-order valence-electron chi connectivity index (χ2n) is 4.15. The number of hydrogen-bond acceptors (Lipinski definition) is 2. The van der Waals surface area contributed by atoms with Gasteiger partial charge in [0.05, 0.1) is 6.61 Å². The van der Waals surface area contributed by atoms with Crippen LogP contribution in [0.3, 0.4) is 0 Å². The molecule has 0 atom stereocenters. The summed E-state index contributed by atoms with van der Waals surface area (Å²) in [5.74, 6) is 1.08. The standard InChI is InChI=1S/C13H15NO.ClH/c14-7-5-10-2-1-9-3-4-12-11(13(9)10)6-8-15-12;/h2-4H,1,5-8,14H2;1H. The Bertz CT molecular complexity index is 440. The Labute approximate surface area is 102 Å². The maximum atomic E-state index is 5.64. The lowest BCUT2D eigenvalue weighted by Gasteiger charge is -2.09. The number of benzene rings is 1. The van der Waals surface area contributed by atoms with E-state index in [-0.39, 0.29) is 12.4 Å². The first-order valence-electron chi connectivity index (χ1n) is 5.57. The van der Waals surface area contributed by atoms with Gasteiger partial charge in [0.1, 0.15) is 5.75 Å². The first-order valence-corrected chi connectivity index (χ1v) is 5.57. The number of hydrogen-bond donors (Lipinski definition) is 1. The number of allylic oxidation sites excluding steroid dienone is 1. The second kappa shape index (κ2) is 4.48. The summed E-state index contributed by atoms with van der Waals surface area (Å²) < 4.78 is 5.59. The maximum Gasteiger partial charge on any atom is 0.123 e. The van der Waals surface area contributed by atoms with Crippen molar-refractivity contribution in [1.29, 1.82) is 0 Å². The molecular weight excluding hydrogens is 222 g/mol. The normalized spacial score (nSPS) is 15.9. The molecular formula is C13H16ClNO. The Kier molecular flexibility index (Phi) is 3.22. The highest BCUT2D eigenvalue weighted by atomic mass is 35.5. The minimum atomic E-state index is 0. The maximum absolute atomic E-state index is 5.64. The Morgan fingerprint density at radius 3 is 3.00 bits per heavy atom. The number of rotatable bonds is 2. The van der Waals surface area contributed by atoms with E-state index in [1.165, 1.54) is 22.3 Å². The molecule has 3 rings (SSSR count). The summed E-state index contributed by atoms with van der Waals surface area (Å²) in [6.45, 7) is 1.57. The third kappa shape index (κ3) is 1.62. The molecule has 0 saturated heterocycles. The number of halogens is 1. The number of ether oxygens (including phenoxy) is 1. The van der Waals surface area contributed by atoms with Gasteiger partial charge in [-0.2, -0.15) is 0 Å². The van der Waals surface area contributed by atoms with Gasteiger partial charge in [-0.25, -0.2) is 0 Å². The van der Waals surface area contributed by atoms with Gasteiger partial charge in [0.2, 0.25) is 0 Å². The zero-order valence-electron chi connectivity index (χ0n) is 9.16. The van der Waals surface area contributed by atoms with Crippen molar-refractivity contribution in [3.63, 3.8) is 0 Å². The molecule has 0 saturated carbocycles. The average molecular weight is 238 g/mol. The number of nitrogens with two attached hydrogens (primary N) is 1. The summed E-state index contributed by atoms with van der Waals surface area (Å²) in [6.07, 6.45) is 5.43. The second-order valence-corrected chi connectivity index (χ2v) is 4.15. The predicted molar refractivity (Wildman–Crippen MR) is 68.2 cm³/mol. The van der Waals surface area contributed by atoms with E-state index in [1.807, 2.05) is 0 Å². The molecule has 1 aromatic rings. The molecule has 0 amide bonds. The van der Waals surface area contributed by atoms with Crippen LogP contribution in [0.4, 0.5) is 0 Å². The van der Waals surface area contributed by atoms with Gasteiger partial charge in [-0.15, -0.1) is 12.4 Å². The quantitative estimate of drug-likeness (QED) is 0.857. The molecule has 16 heavy (non-hydrogen) atoms. The molecule has 0 bridgehead atoms. The topological polar surface area (TPSA) is 35.2 Å². The first-order chi connectivity index (χ1) is 7.40. The summed E-state index contributed by atoms with van der Waals surface area (Å²) >= 11 is 0. The van der Waals surface area contributed by atoms with Gasteiger partial charge in [0.25, 0.3) is 0 Å². The van der Waals surface area contributed by atoms with E-state index in [0.717, 1.165) is 38.2 Å². The summed E-state index contributed by atoms with van der Waals surface area (Å²) in [5.41, 5.74) is 11.4. The molecule has 2 nitrogen and oxygen atoms in total. The third-order valence-corrected chi connectivity index (χ3v) is 3.27. The first kappa shape index (κ1) is 11.5. The van der Waals surface area contributed by atoms with Crippen LogP contribution in [0, 0.1) is 0 Å². The summed E-state index contributed by atoms with van der Waals surface area (Å²) in [6, 6.07) is 4.31. The van der Waals surface area contributed by atoms with Gasteiger partial charge >= 0.3 is 0 Å². The van der Waals surface area contributed by atoms with E-state index >= 15 is 0 Å². The smallest absolute Gasteiger partial charge is 0.123 e. The third-order valence-electron chi connectivity index (χ3n) is 3.27. The Morgan fingerprint density at radius 2 is 2.19 bits per heavy atom. The van der Waals surface area contributed by atoms with Crippen molar-refractivity contribution >= 4 is 18.0 Å². The average Bonchev–Trinajstić information content (AvgIpc) is 2.83. The predicted octanol–water partition coefficient (Wildman–Crippen LogP) is 2.33. The fourth-order valence-electron chi connectivity index (χ4n) is 2.61. The minimum Gasteiger partial charge on any atom is -0.493 e. The van der Waals surface area contributed by atoms with E-state index < -0.39 is 0 Å². The van der Waals surface area contributed by atoms with Gasteiger partial charge < -0.3 is 10.5 Å². The molecule has 1 heterocycles. The van der Waals surface area contributed by atoms with Crippen LogP contribution >= 0.6 is 12.4 Å². The molecule has 86 valence electrons. The van der Waals surface area contributed by atoms with Gasteiger partial charge in [-0.3, -0.25) is 0 Å². The van der Waals surface area contributed by atoms with E-state index in [0.29, 0.717) is 0 Å². The molecule has 0 aromatic heterocycles. The number of fused-ring (bicyclic) bond motifs is 3. The zero-order chi connectivity index (χ0) is 10.3. The minimum absolute atomic E-state index is 0. The molecule has 2 aliphatic rings. The van der Waals surface area contributed by atoms with Crippen LogP contribution in [-0.2, 0) is 12.8 Å². The fraction of sp³-hybridized carbons (Fsp3) is 0.385. The van der Waals surface area contributed by atoms with Crippen molar-refractivity contribution in [2.24, 2.45) is 5.73 Å². The van der Waals surface area contributed by atoms with Crippen molar-refractivity contribution < 1.29 is 4.74 Å². The van der Waals surface area contributed by atoms with Crippen molar-refractivity contribution in [2.45, 2.75) is 19.3 Å². The van der Waals surface area contributed by atoms with Crippen molar-refractivity contribution in [1.82, 2.24) is 0 Å². The van der Waals surface area contributed by atoms with E-state index in [9.17, 15) is 0 Å². The molecule has 1 aliphatic heterocycles. The lowest BCUT2D eigenvalue weighted by molar-refractivity contribution is 0.357.